The molecule has 0 amide bonds. The van der Waals surface area contributed by atoms with Crippen molar-refractivity contribution in [2.45, 2.75) is 11.8 Å². The second-order valence-corrected chi connectivity index (χ2v) is 6.06. The summed E-state index contributed by atoms with van der Waals surface area (Å²) < 4.78 is 37.3. The first-order chi connectivity index (χ1) is 6.43. The molecule has 0 aliphatic carbocycles. The molecule has 0 aliphatic rings. The van der Waals surface area contributed by atoms with Gasteiger partial charge in [0.05, 0.1) is 0 Å². The number of rotatable bonds is 4. The van der Waals surface area contributed by atoms with Crippen LogP contribution in [-0.2, 0) is 18.9 Å². The van der Waals surface area contributed by atoms with Gasteiger partial charge in [-0.2, -0.15) is 13.3 Å². The zero-order valence-corrected chi connectivity index (χ0v) is 9.73. The molecule has 0 radical (unpaired) electrons. The molecule has 78 valence electrons. The Labute approximate surface area is 86.3 Å². The summed E-state index contributed by atoms with van der Waals surface area (Å²) in [6.45, 7) is 1.64. The third kappa shape index (κ3) is 2.83. The Kier molecular flexibility index (Phi) is 3.74. The number of thiophene rings is 1. The van der Waals surface area contributed by atoms with Crippen LogP contribution in [0.1, 0.15) is 4.88 Å². The molecule has 1 atom stereocenters. The van der Waals surface area contributed by atoms with E-state index in [9.17, 15) is 13.0 Å². The van der Waals surface area contributed by atoms with Gasteiger partial charge in [-0.25, -0.2) is 4.18 Å². The maximum Gasteiger partial charge on any atom is 0.535 e. The second-order valence-electron chi connectivity index (χ2n) is 2.39. The van der Waals surface area contributed by atoms with Gasteiger partial charge in [-0.3, -0.25) is 0 Å². The highest BCUT2D eigenvalue weighted by Gasteiger charge is 2.23. The Morgan fingerprint density at radius 3 is 2.71 bits per heavy atom. The van der Waals surface area contributed by atoms with E-state index in [-0.39, 0.29) is 4.90 Å². The zero-order valence-electron chi connectivity index (χ0n) is 7.21. The Balaban J connectivity index is 2.87. The Bertz CT molecular complexity index is 435. The lowest BCUT2D eigenvalue weighted by molar-refractivity contribution is 0.355. The Morgan fingerprint density at radius 1 is 1.64 bits per heavy atom. The maximum absolute atomic E-state index is 11.4. The van der Waals surface area contributed by atoms with Gasteiger partial charge >= 0.3 is 18.1 Å². The van der Waals surface area contributed by atoms with E-state index >= 15 is 0 Å². The minimum atomic E-state index is -3.88. The summed E-state index contributed by atoms with van der Waals surface area (Å²) in [4.78, 5) is 9.06. The lowest BCUT2D eigenvalue weighted by atomic mass is 10.5. The van der Waals surface area contributed by atoms with E-state index in [1.165, 1.54) is 17.4 Å². The van der Waals surface area contributed by atoms with Crippen molar-refractivity contribution < 1.29 is 22.1 Å². The molecule has 14 heavy (non-hydrogen) atoms. The topological polar surface area (TPSA) is 80.7 Å². The van der Waals surface area contributed by atoms with Crippen molar-refractivity contribution in [1.82, 2.24) is 0 Å². The van der Waals surface area contributed by atoms with Crippen molar-refractivity contribution >= 4 is 29.5 Å². The van der Waals surface area contributed by atoms with Crippen LogP contribution in [0.25, 0.3) is 0 Å². The molecule has 0 aromatic carbocycles. The molecule has 0 spiro atoms. The third-order valence-corrected chi connectivity index (χ3v) is 4.31. The minimum Gasteiger partial charge on any atom is -0.213 e. The van der Waals surface area contributed by atoms with Gasteiger partial charge in [0, 0.05) is 4.88 Å². The first kappa shape index (κ1) is 11.7. The molecule has 1 unspecified atom stereocenters. The van der Waals surface area contributed by atoms with E-state index in [4.69, 9.17) is 4.89 Å². The Morgan fingerprint density at radius 2 is 2.29 bits per heavy atom. The summed E-state index contributed by atoms with van der Waals surface area (Å²) >= 11 is 1.27. The Hall–Kier alpha value is -0.330. The van der Waals surface area contributed by atoms with Gasteiger partial charge in [-0.1, -0.05) is 0 Å². The smallest absolute Gasteiger partial charge is 0.213 e. The number of hydrogen-bond donors (Lipinski definition) is 1. The highest BCUT2D eigenvalue weighted by molar-refractivity contribution is 7.87. The normalized spacial score (nSPS) is 12.9. The molecule has 0 bridgehead atoms. The fourth-order valence-corrected chi connectivity index (χ4v) is 3.57. The van der Waals surface area contributed by atoms with Crippen LogP contribution < -0.4 is 0 Å². The van der Waals surface area contributed by atoms with E-state index < -0.39 is 24.5 Å². The van der Waals surface area contributed by atoms with Crippen molar-refractivity contribution in [2.24, 2.45) is 0 Å². The van der Waals surface area contributed by atoms with E-state index in [0.29, 0.717) is 4.88 Å². The molecule has 0 saturated heterocycles. The van der Waals surface area contributed by atoms with E-state index in [2.05, 4.69) is 4.18 Å². The summed E-state index contributed by atoms with van der Waals surface area (Å²) in [5.41, 5.74) is 0. The summed E-state index contributed by atoms with van der Waals surface area (Å²) in [5.74, 6) is 0. The van der Waals surface area contributed by atoms with Gasteiger partial charge in [-0.15, -0.1) is 11.3 Å². The quantitative estimate of drug-likeness (QED) is 0.650. The van der Waals surface area contributed by atoms with Gasteiger partial charge < -0.3 is 0 Å². The van der Waals surface area contributed by atoms with E-state index in [0.717, 1.165) is 0 Å². The minimum absolute atomic E-state index is 0.0550. The summed E-state index contributed by atoms with van der Waals surface area (Å²) in [6, 6.07) is 1.40. The van der Waals surface area contributed by atoms with Gasteiger partial charge in [0.2, 0.25) is 0 Å². The van der Waals surface area contributed by atoms with Gasteiger partial charge in [0.1, 0.15) is 4.90 Å². The van der Waals surface area contributed by atoms with Crippen LogP contribution in [0.5, 0.6) is 0 Å². The van der Waals surface area contributed by atoms with Crippen molar-refractivity contribution in [3.63, 3.8) is 0 Å². The highest BCUT2D eigenvalue weighted by atomic mass is 32.2. The fourth-order valence-electron chi connectivity index (χ4n) is 0.811. The van der Waals surface area contributed by atoms with Crippen LogP contribution in [0, 0.1) is 6.92 Å². The molecule has 8 heteroatoms. The second kappa shape index (κ2) is 4.46. The first-order valence-corrected chi connectivity index (χ1v) is 7.19. The SMILES string of the molecule is Cc1sccc1S(=O)(=O)OC[P+](=O)O. The van der Waals surface area contributed by atoms with Crippen molar-refractivity contribution in [2.75, 3.05) is 6.35 Å². The van der Waals surface area contributed by atoms with Crippen molar-refractivity contribution in [3.05, 3.63) is 16.3 Å². The predicted molar refractivity (Wildman–Crippen MR) is 52.0 cm³/mol. The van der Waals surface area contributed by atoms with Gasteiger partial charge in [0.15, 0.2) is 0 Å². The third-order valence-electron chi connectivity index (χ3n) is 1.40. The molecular weight excluding hydrogens is 247 g/mol. The van der Waals surface area contributed by atoms with Crippen LogP contribution >= 0.6 is 19.4 Å². The standard InChI is InChI=1S/C6H7O5PS2/c1-5-6(2-3-13-5)14(9,10)11-4-12(7)8/h2-3H,4H2,1H3/p+1. The molecule has 0 aliphatic heterocycles. The molecule has 1 N–H and O–H groups in total. The maximum atomic E-state index is 11.4. The monoisotopic (exact) mass is 255 g/mol. The highest BCUT2D eigenvalue weighted by Crippen LogP contribution is 2.24. The lowest BCUT2D eigenvalue weighted by Crippen LogP contribution is -2.05. The van der Waals surface area contributed by atoms with E-state index in [1.807, 2.05) is 0 Å². The van der Waals surface area contributed by atoms with Gasteiger partial charge in [0.25, 0.3) is 6.35 Å². The van der Waals surface area contributed by atoms with E-state index in [1.54, 1.807) is 12.3 Å². The van der Waals surface area contributed by atoms with Crippen LogP contribution in [0.3, 0.4) is 0 Å². The molecule has 1 rings (SSSR count). The molecule has 0 saturated carbocycles. The first-order valence-electron chi connectivity index (χ1n) is 3.50. The summed E-state index contributed by atoms with van der Waals surface area (Å²) in [5, 5.41) is 1.62. The average molecular weight is 255 g/mol. The molecular formula is C6H8O5PS2+. The molecule has 1 aromatic heterocycles. The predicted octanol–water partition coefficient (Wildman–Crippen LogP) is 1.45. The van der Waals surface area contributed by atoms with Crippen LogP contribution in [0.2, 0.25) is 0 Å². The molecule has 0 fully saturated rings. The largest absolute Gasteiger partial charge is 0.535 e. The van der Waals surface area contributed by atoms with Crippen molar-refractivity contribution in [3.8, 4) is 0 Å². The van der Waals surface area contributed by atoms with Gasteiger partial charge in [-0.05, 0) is 22.9 Å². The van der Waals surface area contributed by atoms with Crippen LogP contribution in [-0.4, -0.2) is 19.7 Å². The fraction of sp³-hybridized carbons (Fsp3) is 0.333. The molecule has 1 aromatic rings. The summed E-state index contributed by atoms with van der Waals surface area (Å²) in [6.07, 6.45) is -0.701. The van der Waals surface area contributed by atoms with Crippen molar-refractivity contribution in [1.29, 1.82) is 0 Å². The number of hydrogen-bond acceptors (Lipinski definition) is 5. The zero-order chi connectivity index (χ0) is 10.8. The van der Waals surface area contributed by atoms with Crippen LogP contribution in [0.4, 0.5) is 0 Å². The number of aryl methyl sites for hydroxylation is 1. The summed E-state index contributed by atoms with van der Waals surface area (Å²) in [7, 11) is -6.47. The lowest BCUT2D eigenvalue weighted by Gasteiger charge is -1.98. The van der Waals surface area contributed by atoms with Crippen LogP contribution in [0.15, 0.2) is 16.3 Å². The average Bonchev–Trinajstić information content (AvgIpc) is 2.48. The molecule has 1 heterocycles. The molecule has 5 nitrogen and oxygen atoms in total.